The first-order valence-corrected chi connectivity index (χ1v) is 2.92. The monoisotopic (exact) mass is 224 g/mol. The quantitative estimate of drug-likeness (QED) is 0.560. The fourth-order valence-electron chi connectivity index (χ4n) is 0. The first-order chi connectivity index (χ1) is 1.73. The molecule has 1 nitrogen and oxygen atoms in total. The van der Waals surface area contributed by atoms with Gasteiger partial charge in [-0.15, -0.1) is 0 Å². The summed E-state index contributed by atoms with van der Waals surface area (Å²) in [7, 11) is 0. The lowest BCUT2D eigenvalue weighted by atomic mass is 11.9. The van der Waals surface area contributed by atoms with Crippen LogP contribution >= 0.6 is 43.5 Å². The Morgan fingerprint density at radius 2 is 1.40 bits per heavy atom. The Hall–Kier alpha value is 1.21. The third-order valence-electron chi connectivity index (χ3n) is 0. The van der Waals surface area contributed by atoms with E-state index in [-0.39, 0.29) is 8.67 Å². The Bertz CT molecular complexity index is 14.4. The maximum atomic E-state index is 5.11. The molecule has 4 heteroatoms. The molecular formula is CH3Br2ClO. The second-order valence-electron chi connectivity index (χ2n) is 0.247. The van der Waals surface area contributed by atoms with Crippen LogP contribution in [-0.4, -0.2) is 8.67 Å². The molecule has 0 atom stereocenters. The van der Waals surface area contributed by atoms with Crippen LogP contribution in [0.2, 0.25) is 0 Å². The zero-order chi connectivity index (χ0) is 3.58. The molecule has 0 bridgehead atoms. The average molecular weight is 226 g/mol. The maximum absolute atomic E-state index is 5.11. The van der Waals surface area contributed by atoms with Gasteiger partial charge in [-0.3, -0.25) is 0 Å². The van der Waals surface area contributed by atoms with E-state index in [0.717, 1.165) is 0 Å². The summed E-state index contributed by atoms with van der Waals surface area (Å²) in [5.41, 5.74) is 0. The molecule has 0 spiro atoms. The van der Waals surface area contributed by atoms with E-state index >= 15 is 0 Å². The smallest absolute Gasteiger partial charge is 0.143 e. The van der Waals surface area contributed by atoms with Gasteiger partial charge < -0.3 is 5.48 Å². The molecule has 0 fully saturated rings. The van der Waals surface area contributed by atoms with E-state index in [1.807, 2.05) is 0 Å². The molecule has 0 aromatic heterocycles. The average Bonchev–Trinajstić information content (AvgIpc) is 0.811. The van der Waals surface area contributed by atoms with Crippen molar-refractivity contribution in [1.82, 2.24) is 0 Å². The molecule has 0 saturated heterocycles. The maximum Gasteiger partial charge on any atom is 0.143 e. The fourth-order valence-corrected chi connectivity index (χ4v) is 0. The Morgan fingerprint density at radius 1 is 1.40 bits per heavy atom. The zero-order valence-corrected chi connectivity index (χ0v) is 6.14. The van der Waals surface area contributed by atoms with E-state index in [9.17, 15) is 0 Å². The van der Waals surface area contributed by atoms with E-state index in [2.05, 4.69) is 31.9 Å². The topological polar surface area (TPSA) is 31.5 Å². The third kappa shape index (κ3) is 36.7. The van der Waals surface area contributed by atoms with E-state index in [0.29, 0.717) is 0 Å². The van der Waals surface area contributed by atoms with Crippen LogP contribution in [0, 0.1) is 0 Å². The van der Waals surface area contributed by atoms with Gasteiger partial charge in [-0.2, -0.15) is 0 Å². The standard InChI is InChI=1S/CHBr2Cl.H2O/c2-1(3)4;/h1H;1H2. The summed E-state index contributed by atoms with van der Waals surface area (Å²) in [6.07, 6.45) is 0. The first-order valence-electron chi connectivity index (χ1n) is 0.655. The second-order valence-corrected chi connectivity index (χ2v) is 4.80. The van der Waals surface area contributed by atoms with Gasteiger partial charge >= 0.3 is 0 Å². The summed E-state index contributed by atoms with van der Waals surface area (Å²) < 4.78 is -0.0694. The largest absolute Gasteiger partial charge is 0.412 e. The molecule has 0 saturated carbocycles. The van der Waals surface area contributed by atoms with Crippen LogP contribution in [-0.2, 0) is 0 Å². The molecule has 0 amide bonds. The number of alkyl halides is 3. The number of hydrogen-bond acceptors (Lipinski definition) is 0. The molecule has 5 heavy (non-hydrogen) atoms. The number of halogens is 3. The fraction of sp³-hybridized carbons (Fsp3) is 1.00. The van der Waals surface area contributed by atoms with Gasteiger partial charge in [-0.05, 0) is 0 Å². The Labute approximate surface area is 52.3 Å². The van der Waals surface area contributed by atoms with Crippen LogP contribution < -0.4 is 0 Å². The van der Waals surface area contributed by atoms with Crippen molar-refractivity contribution in [3.05, 3.63) is 0 Å². The lowest BCUT2D eigenvalue weighted by molar-refractivity contribution is 0.824. The summed E-state index contributed by atoms with van der Waals surface area (Å²) in [6.45, 7) is 0. The highest BCUT2D eigenvalue weighted by atomic mass is 79.9. The second kappa shape index (κ2) is 5.21. The molecule has 2 N–H and O–H groups in total. The van der Waals surface area contributed by atoms with Gasteiger partial charge in [0.25, 0.3) is 0 Å². The van der Waals surface area contributed by atoms with Gasteiger partial charge in [0.2, 0.25) is 0 Å². The van der Waals surface area contributed by atoms with E-state index in [1.54, 1.807) is 0 Å². The van der Waals surface area contributed by atoms with E-state index in [4.69, 9.17) is 11.6 Å². The van der Waals surface area contributed by atoms with Crippen molar-refractivity contribution in [2.24, 2.45) is 0 Å². The van der Waals surface area contributed by atoms with Crippen molar-refractivity contribution in [2.45, 2.75) is 3.20 Å². The van der Waals surface area contributed by atoms with E-state index < -0.39 is 0 Å². The van der Waals surface area contributed by atoms with Gasteiger partial charge in [-0.1, -0.05) is 43.5 Å². The summed E-state index contributed by atoms with van der Waals surface area (Å²) in [5, 5.41) is 0. The molecule has 0 aliphatic carbocycles. The third-order valence-corrected chi connectivity index (χ3v) is 0. The predicted octanol–water partition coefficient (Wildman–Crippen LogP) is 1.47. The minimum Gasteiger partial charge on any atom is -0.412 e. The van der Waals surface area contributed by atoms with E-state index in [1.165, 1.54) is 0 Å². The zero-order valence-electron chi connectivity index (χ0n) is 2.21. The Morgan fingerprint density at radius 3 is 1.40 bits per heavy atom. The summed E-state index contributed by atoms with van der Waals surface area (Å²) in [6, 6.07) is 0. The molecule has 0 unspecified atom stereocenters. The van der Waals surface area contributed by atoms with Gasteiger partial charge in [0.15, 0.2) is 0 Å². The summed E-state index contributed by atoms with van der Waals surface area (Å²) in [5.74, 6) is 0. The molecule has 0 aliphatic heterocycles. The highest BCUT2D eigenvalue weighted by molar-refractivity contribution is 9.25. The highest BCUT2D eigenvalue weighted by Gasteiger charge is 1.77. The molecule has 0 radical (unpaired) electrons. The van der Waals surface area contributed by atoms with Crippen molar-refractivity contribution in [1.29, 1.82) is 0 Å². The molecule has 0 rings (SSSR count). The minimum absolute atomic E-state index is 0. The molecule has 0 heterocycles. The van der Waals surface area contributed by atoms with Crippen LogP contribution in [0.3, 0.4) is 0 Å². The lowest BCUT2D eigenvalue weighted by Gasteiger charge is -1.70. The number of rotatable bonds is 0. The van der Waals surface area contributed by atoms with Gasteiger partial charge in [0, 0.05) is 0 Å². The van der Waals surface area contributed by atoms with Gasteiger partial charge in [-0.25, -0.2) is 0 Å². The van der Waals surface area contributed by atoms with Crippen LogP contribution in [0.15, 0.2) is 0 Å². The highest BCUT2D eigenvalue weighted by Crippen LogP contribution is 2.10. The van der Waals surface area contributed by atoms with Crippen molar-refractivity contribution in [3.63, 3.8) is 0 Å². The lowest BCUT2D eigenvalue weighted by Crippen LogP contribution is -1.51. The first kappa shape index (κ1) is 9.51. The molecule has 0 aliphatic rings. The van der Waals surface area contributed by atoms with Crippen molar-refractivity contribution >= 4 is 43.5 Å². The normalized spacial score (nSPS) is 7.20. The molecule has 0 aromatic rings. The van der Waals surface area contributed by atoms with Crippen molar-refractivity contribution < 1.29 is 5.48 Å². The van der Waals surface area contributed by atoms with Gasteiger partial charge in [0.05, 0.1) is 0 Å². The van der Waals surface area contributed by atoms with Crippen LogP contribution in [0.25, 0.3) is 0 Å². The number of hydrogen-bond donors (Lipinski definition) is 0. The predicted molar refractivity (Wildman–Crippen MR) is 31.1 cm³/mol. The molecular weight excluding hydrogens is 223 g/mol. The van der Waals surface area contributed by atoms with Gasteiger partial charge in [0.1, 0.15) is 3.20 Å². The van der Waals surface area contributed by atoms with Crippen LogP contribution in [0.4, 0.5) is 0 Å². The van der Waals surface area contributed by atoms with Crippen molar-refractivity contribution in [3.8, 4) is 0 Å². The summed E-state index contributed by atoms with van der Waals surface area (Å²) >= 11 is 11.0. The molecule has 0 aromatic carbocycles. The molecule has 34 valence electrons. The summed E-state index contributed by atoms with van der Waals surface area (Å²) in [4.78, 5) is 0. The SMILES string of the molecule is ClC(Br)Br.O. The minimum atomic E-state index is -0.0694. The Balaban J connectivity index is 0. The van der Waals surface area contributed by atoms with Crippen LogP contribution in [0.1, 0.15) is 0 Å². The van der Waals surface area contributed by atoms with Crippen LogP contribution in [0.5, 0.6) is 0 Å². The Kier molecular flexibility index (Phi) is 9.91. The van der Waals surface area contributed by atoms with Crippen molar-refractivity contribution in [2.75, 3.05) is 0 Å².